The third-order valence-electron chi connectivity index (χ3n) is 4.66. The fourth-order valence-electron chi connectivity index (χ4n) is 2.94. The Morgan fingerprint density at radius 3 is 2.59 bits per heavy atom. The highest BCUT2D eigenvalue weighted by molar-refractivity contribution is 9.10. The summed E-state index contributed by atoms with van der Waals surface area (Å²) in [5.41, 5.74) is 0.944. The van der Waals surface area contributed by atoms with Crippen LogP contribution in [0.4, 0.5) is 9.18 Å². The summed E-state index contributed by atoms with van der Waals surface area (Å²) in [6.45, 7) is 1.42. The second kappa shape index (κ2) is 10.2. The molecule has 32 heavy (non-hydrogen) atoms. The molecule has 2 amide bonds. The second-order valence-electron chi connectivity index (χ2n) is 6.66. The molecule has 0 N–H and O–H groups in total. The number of benzene rings is 2. The van der Waals surface area contributed by atoms with E-state index in [-0.39, 0.29) is 17.3 Å². The minimum absolute atomic E-state index is 0.000868. The van der Waals surface area contributed by atoms with Crippen LogP contribution in [0.15, 0.2) is 45.8 Å². The fourth-order valence-corrected chi connectivity index (χ4v) is 4.27. The van der Waals surface area contributed by atoms with Crippen LogP contribution in [0.2, 0.25) is 0 Å². The summed E-state index contributed by atoms with van der Waals surface area (Å²) in [6, 6.07) is 8.50. The average molecular weight is 524 g/mol. The largest absolute Gasteiger partial charge is 0.493 e. The summed E-state index contributed by atoms with van der Waals surface area (Å²) in [7, 11) is 2.64. The van der Waals surface area contributed by atoms with Crippen molar-refractivity contribution >= 4 is 50.9 Å². The number of hydrogen-bond acceptors (Lipinski definition) is 7. The first-order valence-corrected chi connectivity index (χ1v) is 11.0. The molecule has 1 saturated heterocycles. The summed E-state index contributed by atoms with van der Waals surface area (Å²) in [5.74, 6) is -0.930. The third kappa shape index (κ3) is 4.97. The Balaban J connectivity index is 1.85. The van der Waals surface area contributed by atoms with Crippen molar-refractivity contribution in [1.82, 2.24) is 4.90 Å². The van der Waals surface area contributed by atoms with Gasteiger partial charge in [0.1, 0.15) is 18.5 Å². The lowest BCUT2D eigenvalue weighted by Gasteiger charge is -2.18. The summed E-state index contributed by atoms with van der Waals surface area (Å²) < 4.78 is 30.1. The zero-order valence-electron chi connectivity index (χ0n) is 17.4. The van der Waals surface area contributed by atoms with Crippen LogP contribution in [0.5, 0.6) is 11.5 Å². The van der Waals surface area contributed by atoms with Crippen LogP contribution >= 0.6 is 27.7 Å². The first-order chi connectivity index (χ1) is 15.3. The number of rotatable bonds is 7. The fraction of sp³-hybridized carbons (Fsp3) is 0.227. The standard InChI is InChI=1S/C22H19BrFNO6S/c1-12(21(27)30-3)25-20(26)19(32-22(25)28)9-14-8-17(29-2)18(10-15(14)23)31-11-13-6-4-5-7-16(13)24/h4-10,12H,11H2,1-3H3/b19-9+/t12-/m1/s1. The highest BCUT2D eigenvalue weighted by Gasteiger charge is 2.41. The minimum atomic E-state index is -1.04. The number of carbonyl (C=O) groups is 3. The van der Waals surface area contributed by atoms with Crippen molar-refractivity contribution in [2.45, 2.75) is 19.6 Å². The first-order valence-electron chi connectivity index (χ1n) is 9.35. The molecule has 0 bridgehead atoms. The predicted octanol–water partition coefficient (Wildman–Crippen LogP) is 4.77. The lowest BCUT2D eigenvalue weighted by Crippen LogP contribution is -2.42. The summed E-state index contributed by atoms with van der Waals surface area (Å²) in [5, 5.41) is -0.563. The molecule has 1 aliphatic heterocycles. The van der Waals surface area contributed by atoms with Gasteiger partial charge in [0.2, 0.25) is 0 Å². The van der Waals surface area contributed by atoms with Gasteiger partial charge in [-0.3, -0.25) is 14.5 Å². The SMILES string of the molecule is COC(=O)[C@@H](C)N1C(=O)S/C(=C/c2cc(OC)c(OCc3ccccc3F)cc2Br)C1=O. The first kappa shape index (κ1) is 23.8. The van der Waals surface area contributed by atoms with E-state index in [0.29, 0.717) is 27.1 Å². The van der Waals surface area contributed by atoms with Crippen LogP contribution in [-0.2, 0) is 20.9 Å². The monoisotopic (exact) mass is 523 g/mol. The van der Waals surface area contributed by atoms with E-state index in [1.54, 1.807) is 30.3 Å². The predicted molar refractivity (Wildman–Crippen MR) is 121 cm³/mol. The van der Waals surface area contributed by atoms with Gasteiger partial charge < -0.3 is 14.2 Å². The molecule has 0 aliphatic carbocycles. The summed E-state index contributed by atoms with van der Waals surface area (Å²) >= 11 is 4.15. The van der Waals surface area contributed by atoms with E-state index in [9.17, 15) is 18.8 Å². The lowest BCUT2D eigenvalue weighted by atomic mass is 10.1. The lowest BCUT2D eigenvalue weighted by molar-refractivity contribution is -0.148. The van der Waals surface area contributed by atoms with Gasteiger partial charge in [0.05, 0.1) is 19.1 Å². The number of amides is 2. The number of halogens is 2. The van der Waals surface area contributed by atoms with Gasteiger partial charge in [-0.05, 0) is 48.5 Å². The zero-order chi connectivity index (χ0) is 23.4. The zero-order valence-corrected chi connectivity index (χ0v) is 19.8. The quantitative estimate of drug-likeness (QED) is 0.381. The van der Waals surface area contributed by atoms with Gasteiger partial charge in [0, 0.05) is 10.0 Å². The number of esters is 1. The molecule has 10 heteroatoms. The van der Waals surface area contributed by atoms with E-state index in [0.717, 1.165) is 16.7 Å². The Morgan fingerprint density at radius 2 is 1.94 bits per heavy atom. The molecule has 0 radical (unpaired) electrons. The van der Waals surface area contributed by atoms with Crippen LogP contribution in [-0.4, -0.2) is 42.3 Å². The van der Waals surface area contributed by atoms with Crippen molar-refractivity contribution in [3.05, 3.63) is 62.7 Å². The summed E-state index contributed by atoms with van der Waals surface area (Å²) in [4.78, 5) is 37.8. The van der Waals surface area contributed by atoms with Crippen molar-refractivity contribution < 1.29 is 33.0 Å². The number of ether oxygens (including phenoxy) is 3. The molecule has 1 aliphatic rings. The van der Waals surface area contributed by atoms with Gasteiger partial charge >= 0.3 is 5.97 Å². The molecule has 7 nitrogen and oxygen atoms in total. The number of carbonyl (C=O) groups excluding carboxylic acids is 3. The second-order valence-corrected chi connectivity index (χ2v) is 8.50. The molecule has 3 rings (SSSR count). The van der Waals surface area contributed by atoms with Crippen molar-refractivity contribution in [1.29, 1.82) is 0 Å². The van der Waals surface area contributed by atoms with E-state index in [1.165, 1.54) is 33.3 Å². The number of thioether (sulfide) groups is 1. The highest BCUT2D eigenvalue weighted by atomic mass is 79.9. The van der Waals surface area contributed by atoms with Gasteiger partial charge in [-0.25, -0.2) is 9.18 Å². The van der Waals surface area contributed by atoms with Crippen molar-refractivity contribution in [3.63, 3.8) is 0 Å². The third-order valence-corrected chi connectivity index (χ3v) is 6.23. The molecule has 1 atom stereocenters. The van der Waals surface area contributed by atoms with Gasteiger partial charge in [0.25, 0.3) is 11.1 Å². The van der Waals surface area contributed by atoms with E-state index in [1.807, 2.05) is 0 Å². The Bertz CT molecular complexity index is 1110. The topological polar surface area (TPSA) is 82.1 Å². The minimum Gasteiger partial charge on any atom is -0.493 e. The smallest absolute Gasteiger partial charge is 0.328 e. The number of methoxy groups -OCH3 is 2. The van der Waals surface area contributed by atoms with Gasteiger partial charge in [-0.1, -0.05) is 34.1 Å². The molecule has 0 unspecified atom stereocenters. The van der Waals surface area contributed by atoms with Crippen molar-refractivity contribution in [2.75, 3.05) is 14.2 Å². The normalized spacial score (nSPS) is 15.8. The molecule has 1 heterocycles. The molecular formula is C22H19BrFNO6S. The summed E-state index contributed by atoms with van der Waals surface area (Å²) in [6.07, 6.45) is 1.52. The van der Waals surface area contributed by atoms with E-state index >= 15 is 0 Å². The number of imide groups is 1. The Hall–Kier alpha value is -2.85. The maximum Gasteiger partial charge on any atom is 0.328 e. The number of nitrogens with zero attached hydrogens (tertiary/aromatic N) is 1. The maximum atomic E-state index is 13.9. The molecule has 168 valence electrons. The van der Waals surface area contributed by atoms with Crippen molar-refractivity contribution in [2.24, 2.45) is 0 Å². The van der Waals surface area contributed by atoms with E-state index in [2.05, 4.69) is 20.7 Å². The van der Waals surface area contributed by atoms with Crippen LogP contribution < -0.4 is 9.47 Å². The number of hydrogen-bond donors (Lipinski definition) is 0. The van der Waals surface area contributed by atoms with Crippen LogP contribution in [0.3, 0.4) is 0 Å². The van der Waals surface area contributed by atoms with Crippen LogP contribution in [0.1, 0.15) is 18.1 Å². The molecule has 2 aromatic rings. The molecule has 2 aromatic carbocycles. The molecule has 0 saturated carbocycles. The Morgan fingerprint density at radius 1 is 1.22 bits per heavy atom. The molecule has 1 fully saturated rings. The Kier molecular flexibility index (Phi) is 7.57. The van der Waals surface area contributed by atoms with Crippen LogP contribution in [0, 0.1) is 5.82 Å². The highest BCUT2D eigenvalue weighted by Crippen LogP contribution is 2.39. The van der Waals surface area contributed by atoms with Gasteiger partial charge in [-0.2, -0.15) is 0 Å². The average Bonchev–Trinajstić information content (AvgIpc) is 3.06. The maximum absolute atomic E-state index is 13.9. The molecule has 0 aromatic heterocycles. The van der Waals surface area contributed by atoms with E-state index in [4.69, 9.17) is 9.47 Å². The van der Waals surface area contributed by atoms with Crippen LogP contribution in [0.25, 0.3) is 6.08 Å². The molecular weight excluding hydrogens is 505 g/mol. The Labute approximate surface area is 196 Å². The van der Waals surface area contributed by atoms with Gasteiger partial charge in [0.15, 0.2) is 11.5 Å². The van der Waals surface area contributed by atoms with Crippen molar-refractivity contribution in [3.8, 4) is 11.5 Å². The van der Waals surface area contributed by atoms with E-state index < -0.39 is 23.2 Å². The van der Waals surface area contributed by atoms with Gasteiger partial charge in [-0.15, -0.1) is 0 Å². The molecule has 0 spiro atoms.